The highest BCUT2D eigenvalue weighted by Crippen LogP contribution is 2.35. The van der Waals surface area contributed by atoms with Crippen LogP contribution >= 0.6 is 11.6 Å². The van der Waals surface area contributed by atoms with Crippen LogP contribution in [-0.2, 0) is 11.3 Å². The summed E-state index contributed by atoms with van der Waals surface area (Å²) in [5.41, 5.74) is 0.759. The lowest BCUT2D eigenvalue weighted by Gasteiger charge is -2.25. The topological polar surface area (TPSA) is 47.3 Å². The molecule has 20 heavy (non-hydrogen) atoms. The molecule has 1 heterocycles. The molecule has 1 fully saturated rings. The Balaban J connectivity index is 2.09. The monoisotopic (exact) mass is 300 g/mol. The van der Waals surface area contributed by atoms with Gasteiger partial charge in [0, 0.05) is 7.11 Å². The number of hydrogen-bond acceptors (Lipinski definition) is 3. The molecule has 0 bridgehead atoms. The average molecular weight is 301 g/mol. The Morgan fingerprint density at radius 1 is 1.35 bits per heavy atom. The second-order valence-electron chi connectivity index (χ2n) is 5.64. The molecule has 0 aliphatic heterocycles. The number of aliphatic hydroxyl groups is 1. The van der Waals surface area contributed by atoms with Crippen molar-refractivity contribution in [2.75, 3.05) is 13.7 Å². The molecule has 1 aromatic rings. The number of rotatable bonds is 5. The Morgan fingerprint density at radius 3 is 2.65 bits per heavy atom. The molecule has 0 saturated heterocycles. The van der Waals surface area contributed by atoms with Crippen LogP contribution in [0.5, 0.6) is 0 Å². The van der Waals surface area contributed by atoms with Crippen molar-refractivity contribution in [3.05, 3.63) is 16.9 Å². The average Bonchev–Trinajstić information content (AvgIpc) is 2.76. The number of aromatic nitrogens is 2. The molecule has 1 saturated carbocycles. The molecular formula is C15H25ClN2O2. The van der Waals surface area contributed by atoms with Crippen LogP contribution in [0.15, 0.2) is 6.20 Å². The van der Waals surface area contributed by atoms with Crippen molar-refractivity contribution in [1.82, 2.24) is 9.78 Å². The summed E-state index contributed by atoms with van der Waals surface area (Å²) in [6.45, 7) is 1.20. The van der Waals surface area contributed by atoms with E-state index in [9.17, 15) is 5.11 Å². The molecule has 0 spiro atoms. The van der Waals surface area contributed by atoms with Crippen molar-refractivity contribution in [1.29, 1.82) is 0 Å². The molecule has 0 amide bonds. The molecule has 1 aliphatic carbocycles. The highest BCUT2D eigenvalue weighted by Gasteiger charge is 2.26. The van der Waals surface area contributed by atoms with E-state index >= 15 is 0 Å². The summed E-state index contributed by atoms with van der Waals surface area (Å²) < 4.78 is 6.87. The first-order chi connectivity index (χ1) is 9.74. The number of ether oxygens (including phenoxy) is 1. The van der Waals surface area contributed by atoms with Crippen LogP contribution in [-0.4, -0.2) is 28.6 Å². The molecule has 2 rings (SSSR count). The van der Waals surface area contributed by atoms with E-state index in [1.807, 2.05) is 0 Å². The quantitative estimate of drug-likeness (QED) is 0.904. The molecule has 0 radical (unpaired) electrons. The third-order valence-electron chi connectivity index (χ3n) is 4.22. The van der Waals surface area contributed by atoms with Gasteiger partial charge in [0.2, 0.25) is 0 Å². The fourth-order valence-electron chi connectivity index (χ4n) is 3.05. The van der Waals surface area contributed by atoms with Crippen LogP contribution in [0, 0.1) is 5.92 Å². The molecule has 1 aliphatic rings. The van der Waals surface area contributed by atoms with Gasteiger partial charge in [-0.25, -0.2) is 0 Å². The summed E-state index contributed by atoms with van der Waals surface area (Å²) in [7, 11) is 1.66. The molecule has 1 atom stereocenters. The van der Waals surface area contributed by atoms with Crippen LogP contribution < -0.4 is 0 Å². The standard InChI is InChI=1S/C15H25ClN2O2/c1-20-10-9-18-14(13(16)11-17-18)15(19)12-7-5-3-2-4-6-8-12/h11-12,15,19H,2-10H2,1H3. The molecule has 114 valence electrons. The van der Waals surface area contributed by atoms with Gasteiger partial charge in [0.25, 0.3) is 0 Å². The predicted octanol–water partition coefficient (Wildman–Crippen LogP) is 3.58. The van der Waals surface area contributed by atoms with Gasteiger partial charge in [0.05, 0.1) is 36.2 Å². The van der Waals surface area contributed by atoms with Gasteiger partial charge in [-0.15, -0.1) is 0 Å². The smallest absolute Gasteiger partial charge is 0.0999 e. The number of aliphatic hydroxyl groups excluding tert-OH is 1. The van der Waals surface area contributed by atoms with Crippen LogP contribution in [0.25, 0.3) is 0 Å². The Morgan fingerprint density at radius 2 is 2.00 bits per heavy atom. The minimum Gasteiger partial charge on any atom is -0.386 e. The van der Waals surface area contributed by atoms with E-state index in [1.165, 1.54) is 32.1 Å². The van der Waals surface area contributed by atoms with Crippen molar-refractivity contribution in [2.45, 2.75) is 57.6 Å². The van der Waals surface area contributed by atoms with Crippen LogP contribution in [0.4, 0.5) is 0 Å². The second kappa shape index (κ2) is 8.01. The zero-order valence-corrected chi connectivity index (χ0v) is 13.0. The summed E-state index contributed by atoms with van der Waals surface area (Å²) in [6.07, 6.45) is 9.55. The lowest BCUT2D eigenvalue weighted by Crippen LogP contribution is -2.20. The molecule has 1 unspecified atom stereocenters. The van der Waals surface area contributed by atoms with Crippen molar-refractivity contribution >= 4 is 11.6 Å². The minimum absolute atomic E-state index is 0.297. The maximum absolute atomic E-state index is 10.7. The first-order valence-electron chi connectivity index (χ1n) is 7.62. The summed E-state index contributed by atoms with van der Waals surface area (Å²) in [4.78, 5) is 0. The van der Waals surface area contributed by atoms with E-state index in [1.54, 1.807) is 18.0 Å². The van der Waals surface area contributed by atoms with Gasteiger partial charge in [-0.2, -0.15) is 5.10 Å². The molecule has 1 aromatic heterocycles. The number of methoxy groups -OCH3 is 1. The van der Waals surface area contributed by atoms with E-state index < -0.39 is 6.10 Å². The summed E-state index contributed by atoms with van der Waals surface area (Å²) in [6, 6.07) is 0. The van der Waals surface area contributed by atoms with Gasteiger partial charge >= 0.3 is 0 Å². The third-order valence-corrected chi connectivity index (χ3v) is 4.51. The van der Waals surface area contributed by atoms with Crippen molar-refractivity contribution in [3.8, 4) is 0 Å². The molecule has 1 N–H and O–H groups in total. The number of halogens is 1. The van der Waals surface area contributed by atoms with E-state index in [-0.39, 0.29) is 0 Å². The highest BCUT2D eigenvalue weighted by atomic mass is 35.5. The highest BCUT2D eigenvalue weighted by molar-refractivity contribution is 6.31. The molecule has 4 nitrogen and oxygen atoms in total. The summed E-state index contributed by atoms with van der Waals surface area (Å²) in [5, 5.41) is 15.5. The van der Waals surface area contributed by atoms with Gasteiger partial charge in [0.15, 0.2) is 0 Å². The molecule has 5 heteroatoms. The molecule has 0 aromatic carbocycles. The van der Waals surface area contributed by atoms with Crippen LogP contribution in [0.1, 0.15) is 56.7 Å². The Kier molecular flexibility index (Phi) is 6.33. The van der Waals surface area contributed by atoms with Gasteiger partial charge in [-0.1, -0.05) is 43.7 Å². The third kappa shape index (κ3) is 3.96. The zero-order valence-electron chi connectivity index (χ0n) is 12.2. The van der Waals surface area contributed by atoms with Crippen molar-refractivity contribution < 1.29 is 9.84 Å². The Labute approximate surface area is 126 Å². The number of hydrogen-bond donors (Lipinski definition) is 1. The van der Waals surface area contributed by atoms with Crippen molar-refractivity contribution in [2.24, 2.45) is 5.92 Å². The fraction of sp³-hybridized carbons (Fsp3) is 0.800. The second-order valence-corrected chi connectivity index (χ2v) is 6.05. The normalized spacial score (nSPS) is 19.6. The first-order valence-corrected chi connectivity index (χ1v) is 8.00. The van der Waals surface area contributed by atoms with E-state index in [0.29, 0.717) is 24.1 Å². The van der Waals surface area contributed by atoms with Gasteiger partial charge in [-0.3, -0.25) is 4.68 Å². The Bertz CT molecular complexity index is 401. The lowest BCUT2D eigenvalue weighted by molar-refractivity contribution is 0.0806. The minimum atomic E-state index is -0.514. The van der Waals surface area contributed by atoms with Crippen LogP contribution in [0.3, 0.4) is 0 Å². The van der Waals surface area contributed by atoms with E-state index in [2.05, 4.69) is 5.10 Å². The summed E-state index contributed by atoms with van der Waals surface area (Å²) >= 11 is 6.23. The molecular weight excluding hydrogens is 276 g/mol. The fourth-order valence-corrected chi connectivity index (χ4v) is 3.30. The van der Waals surface area contributed by atoms with Gasteiger partial charge < -0.3 is 9.84 Å². The predicted molar refractivity (Wildman–Crippen MR) is 79.9 cm³/mol. The number of nitrogens with zero attached hydrogens (tertiary/aromatic N) is 2. The maximum Gasteiger partial charge on any atom is 0.0999 e. The SMILES string of the molecule is COCCn1ncc(Cl)c1C(O)C1CCCCCCC1. The van der Waals surface area contributed by atoms with E-state index in [4.69, 9.17) is 16.3 Å². The maximum atomic E-state index is 10.7. The van der Waals surface area contributed by atoms with Crippen molar-refractivity contribution in [3.63, 3.8) is 0 Å². The Hall–Kier alpha value is -0.580. The first kappa shape index (κ1) is 15.8. The van der Waals surface area contributed by atoms with E-state index in [0.717, 1.165) is 18.5 Å². The lowest BCUT2D eigenvalue weighted by atomic mass is 9.86. The van der Waals surface area contributed by atoms with Gasteiger partial charge in [0.1, 0.15) is 0 Å². The summed E-state index contributed by atoms with van der Waals surface area (Å²) in [5.74, 6) is 0.297. The zero-order chi connectivity index (χ0) is 14.4. The largest absolute Gasteiger partial charge is 0.386 e. The van der Waals surface area contributed by atoms with Crippen LogP contribution in [0.2, 0.25) is 5.02 Å². The van der Waals surface area contributed by atoms with Gasteiger partial charge in [-0.05, 0) is 18.8 Å².